The van der Waals surface area contributed by atoms with Gasteiger partial charge in [0.15, 0.2) is 0 Å². The van der Waals surface area contributed by atoms with Crippen LogP contribution in [0.5, 0.6) is 0 Å². The van der Waals surface area contributed by atoms with Crippen molar-refractivity contribution in [3.05, 3.63) is 34.9 Å². The molecular formula is C12H13F6NO. The van der Waals surface area contributed by atoms with Crippen LogP contribution in [0.2, 0.25) is 0 Å². The SMILES string of the molecule is CCOCC(N)c1cc(C(F)(F)F)cc(C(F)(F)F)c1. The summed E-state index contributed by atoms with van der Waals surface area (Å²) in [4.78, 5) is 0. The molecule has 1 unspecified atom stereocenters. The topological polar surface area (TPSA) is 35.2 Å². The lowest BCUT2D eigenvalue weighted by Gasteiger charge is -2.17. The molecule has 0 fully saturated rings. The van der Waals surface area contributed by atoms with Crippen LogP contribution >= 0.6 is 0 Å². The first kappa shape index (κ1) is 16.8. The molecule has 1 aromatic rings. The van der Waals surface area contributed by atoms with Gasteiger partial charge >= 0.3 is 12.4 Å². The van der Waals surface area contributed by atoms with E-state index in [9.17, 15) is 26.3 Å². The van der Waals surface area contributed by atoms with Crippen LogP contribution in [0.4, 0.5) is 26.3 Å². The summed E-state index contributed by atoms with van der Waals surface area (Å²) in [5.74, 6) is 0. The van der Waals surface area contributed by atoms with E-state index in [0.717, 1.165) is 0 Å². The molecule has 114 valence electrons. The molecular weight excluding hydrogens is 288 g/mol. The molecule has 0 aromatic heterocycles. The van der Waals surface area contributed by atoms with Crippen molar-refractivity contribution < 1.29 is 31.1 Å². The predicted molar refractivity (Wildman–Crippen MR) is 59.9 cm³/mol. The van der Waals surface area contributed by atoms with Gasteiger partial charge in [-0.05, 0) is 30.7 Å². The maximum Gasteiger partial charge on any atom is 0.416 e. The average molecular weight is 301 g/mol. The van der Waals surface area contributed by atoms with Gasteiger partial charge in [0.1, 0.15) is 0 Å². The van der Waals surface area contributed by atoms with Crippen LogP contribution in [0.15, 0.2) is 18.2 Å². The molecule has 0 bridgehead atoms. The van der Waals surface area contributed by atoms with Gasteiger partial charge in [0.05, 0.1) is 23.8 Å². The standard InChI is InChI=1S/C12H13F6NO/c1-2-20-6-10(19)7-3-8(11(13,14)15)5-9(4-7)12(16,17)18/h3-5,10H,2,6,19H2,1H3. The Hall–Kier alpha value is -1.28. The first-order chi connectivity index (χ1) is 9.05. The highest BCUT2D eigenvalue weighted by Gasteiger charge is 2.37. The Kier molecular flexibility index (Phi) is 5.04. The van der Waals surface area contributed by atoms with Crippen LogP contribution in [0.3, 0.4) is 0 Å². The van der Waals surface area contributed by atoms with Crippen molar-refractivity contribution in [1.82, 2.24) is 0 Å². The number of halogens is 6. The van der Waals surface area contributed by atoms with Crippen molar-refractivity contribution in [1.29, 1.82) is 0 Å². The highest BCUT2D eigenvalue weighted by molar-refractivity contribution is 5.35. The van der Waals surface area contributed by atoms with Crippen molar-refractivity contribution >= 4 is 0 Å². The van der Waals surface area contributed by atoms with E-state index in [2.05, 4.69) is 0 Å². The molecule has 1 rings (SSSR count). The smallest absolute Gasteiger partial charge is 0.380 e. The summed E-state index contributed by atoms with van der Waals surface area (Å²) in [5, 5.41) is 0. The van der Waals surface area contributed by atoms with Gasteiger partial charge in [0, 0.05) is 6.61 Å². The van der Waals surface area contributed by atoms with E-state index in [1.165, 1.54) is 0 Å². The van der Waals surface area contributed by atoms with Gasteiger partial charge in [0.2, 0.25) is 0 Å². The molecule has 8 heteroatoms. The first-order valence-corrected chi connectivity index (χ1v) is 5.68. The number of hydrogen-bond donors (Lipinski definition) is 1. The van der Waals surface area contributed by atoms with E-state index < -0.39 is 29.5 Å². The molecule has 0 radical (unpaired) electrons. The minimum absolute atomic E-state index is 0.0664. The minimum atomic E-state index is -4.87. The fourth-order valence-electron chi connectivity index (χ4n) is 1.53. The number of ether oxygens (including phenoxy) is 1. The van der Waals surface area contributed by atoms with Crippen molar-refractivity contribution in [3.63, 3.8) is 0 Å². The summed E-state index contributed by atoms with van der Waals surface area (Å²) in [6.45, 7) is 1.74. The lowest BCUT2D eigenvalue weighted by atomic mass is 10.0. The average Bonchev–Trinajstić information content (AvgIpc) is 2.33. The fraction of sp³-hybridized carbons (Fsp3) is 0.500. The third-order valence-corrected chi connectivity index (χ3v) is 2.54. The predicted octanol–water partition coefficient (Wildman–Crippen LogP) is 3.76. The Morgan fingerprint density at radius 2 is 1.45 bits per heavy atom. The summed E-state index contributed by atoms with van der Waals surface area (Å²) in [6.07, 6.45) is -9.75. The number of hydrogen-bond acceptors (Lipinski definition) is 2. The maximum absolute atomic E-state index is 12.6. The van der Waals surface area contributed by atoms with E-state index in [-0.39, 0.29) is 24.8 Å². The molecule has 1 aromatic carbocycles. The van der Waals surface area contributed by atoms with Gasteiger partial charge in [-0.1, -0.05) is 0 Å². The minimum Gasteiger partial charge on any atom is -0.380 e. The highest BCUT2D eigenvalue weighted by atomic mass is 19.4. The van der Waals surface area contributed by atoms with Crippen LogP contribution in [0, 0.1) is 0 Å². The molecule has 0 aliphatic carbocycles. The monoisotopic (exact) mass is 301 g/mol. The maximum atomic E-state index is 12.6. The number of nitrogens with two attached hydrogens (primary N) is 1. The number of benzene rings is 1. The Balaban J connectivity index is 3.24. The summed E-state index contributed by atoms with van der Waals surface area (Å²) in [5.41, 5.74) is 2.52. The largest absolute Gasteiger partial charge is 0.416 e. The van der Waals surface area contributed by atoms with Crippen molar-refractivity contribution in [2.75, 3.05) is 13.2 Å². The second-order valence-corrected chi connectivity index (χ2v) is 4.11. The fourth-order valence-corrected chi connectivity index (χ4v) is 1.53. The summed E-state index contributed by atoms with van der Waals surface area (Å²) in [7, 11) is 0. The molecule has 20 heavy (non-hydrogen) atoms. The first-order valence-electron chi connectivity index (χ1n) is 5.68. The van der Waals surface area contributed by atoms with E-state index in [1.54, 1.807) is 6.92 Å². The molecule has 2 N–H and O–H groups in total. The molecule has 1 atom stereocenters. The second kappa shape index (κ2) is 6.01. The zero-order valence-corrected chi connectivity index (χ0v) is 10.5. The Morgan fingerprint density at radius 1 is 1.00 bits per heavy atom. The molecule has 0 saturated carbocycles. The third-order valence-electron chi connectivity index (χ3n) is 2.54. The Labute approximate surface area is 111 Å². The summed E-state index contributed by atoms with van der Waals surface area (Å²) in [6, 6.07) is 0.229. The molecule has 0 saturated heterocycles. The van der Waals surface area contributed by atoms with Gasteiger partial charge in [-0.3, -0.25) is 0 Å². The molecule has 0 aliphatic rings. The van der Waals surface area contributed by atoms with Crippen molar-refractivity contribution in [2.24, 2.45) is 5.73 Å². The number of alkyl halides is 6. The molecule has 0 aliphatic heterocycles. The quantitative estimate of drug-likeness (QED) is 0.859. The third kappa shape index (κ3) is 4.38. The van der Waals surface area contributed by atoms with Crippen LogP contribution in [-0.2, 0) is 17.1 Å². The molecule has 2 nitrogen and oxygen atoms in total. The van der Waals surface area contributed by atoms with Crippen molar-refractivity contribution in [2.45, 2.75) is 25.3 Å². The number of rotatable bonds is 4. The summed E-state index contributed by atoms with van der Waals surface area (Å²) >= 11 is 0. The Bertz CT molecular complexity index is 422. The summed E-state index contributed by atoms with van der Waals surface area (Å²) < 4.78 is 80.6. The Morgan fingerprint density at radius 3 is 1.80 bits per heavy atom. The van der Waals surface area contributed by atoms with Gasteiger partial charge in [-0.15, -0.1) is 0 Å². The van der Waals surface area contributed by atoms with Crippen molar-refractivity contribution in [3.8, 4) is 0 Å². The van der Waals surface area contributed by atoms with Crippen LogP contribution < -0.4 is 5.73 Å². The van der Waals surface area contributed by atoms with E-state index >= 15 is 0 Å². The van der Waals surface area contributed by atoms with Crippen LogP contribution in [0.25, 0.3) is 0 Å². The zero-order chi connectivity index (χ0) is 15.6. The lowest BCUT2D eigenvalue weighted by Crippen LogP contribution is -2.20. The van der Waals surface area contributed by atoms with Gasteiger partial charge in [-0.25, -0.2) is 0 Å². The highest BCUT2D eigenvalue weighted by Crippen LogP contribution is 2.37. The van der Waals surface area contributed by atoms with Crippen LogP contribution in [0.1, 0.15) is 29.7 Å². The van der Waals surface area contributed by atoms with E-state index in [0.29, 0.717) is 12.1 Å². The normalized spacial score (nSPS) is 14.4. The molecule has 0 heterocycles. The van der Waals surface area contributed by atoms with Gasteiger partial charge in [-0.2, -0.15) is 26.3 Å². The lowest BCUT2D eigenvalue weighted by molar-refractivity contribution is -0.143. The van der Waals surface area contributed by atoms with Gasteiger partial charge in [0.25, 0.3) is 0 Å². The van der Waals surface area contributed by atoms with E-state index in [1.807, 2.05) is 0 Å². The van der Waals surface area contributed by atoms with E-state index in [4.69, 9.17) is 10.5 Å². The second-order valence-electron chi connectivity index (χ2n) is 4.11. The zero-order valence-electron chi connectivity index (χ0n) is 10.5. The molecule has 0 amide bonds. The van der Waals surface area contributed by atoms with Gasteiger partial charge < -0.3 is 10.5 Å². The molecule has 0 spiro atoms. The van der Waals surface area contributed by atoms with Crippen LogP contribution in [-0.4, -0.2) is 13.2 Å².